The maximum Gasteiger partial charge on any atom is 0.258 e. The van der Waals surface area contributed by atoms with Crippen LogP contribution in [-0.4, -0.2) is 9.97 Å². The molecule has 30 heavy (non-hydrogen) atoms. The van der Waals surface area contributed by atoms with Gasteiger partial charge in [0.1, 0.15) is 12.1 Å². The van der Waals surface area contributed by atoms with E-state index in [4.69, 9.17) is 4.98 Å². The minimum Gasteiger partial charge on any atom is -0.327 e. The highest BCUT2D eigenvalue weighted by atomic mass is 32.1. The monoisotopic (exact) mass is 418 g/mol. The van der Waals surface area contributed by atoms with Crippen LogP contribution in [-0.2, 0) is 6.42 Å². The molecule has 154 valence electrons. The molecule has 0 unspecified atom stereocenters. The molecule has 4 aromatic rings. The molecule has 0 fully saturated rings. The number of H-pyrrole nitrogens is 1. The molecular weight excluding hydrogens is 390 g/mol. The first-order chi connectivity index (χ1) is 14.5. The first-order valence-corrected chi connectivity index (χ1v) is 11.4. The number of quaternary nitrogens is 1. The van der Waals surface area contributed by atoms with E-state index in [1.54, 1.807) is 11.3 Å². The predicted molar refractivity (Wildman–Crippen MR) is 124 cm³/mol. The number of thiophene rings is 1. The molecule has 4 nitrogen and oxygen atoms in total. The third-order valence-corrected chi connectivity index (χ3v) is 6.33. The fourth-order valence-electron chi connectivity index (χ4n) is 3.87. The van der Waals surface area contributed by atoms with Gasteiger partial charge in [0.15, 0.2) is 5.82 Å². The van der Waals surface area contributed by atoms with E-state index in [1.165, 1.54) is 16.0 Å². The second kappa shape index (κ2) is 8.94. The van der Waals surface area contributed by atoms with E-state index in [-0.39, 0.29) is 17.6 Å². The van der Waals surface area contributed by atoms with Crippen molar-refractivity contribution in [2.75, 3.05) is 0 Å². The van der Waals surface area contributed by atoms with Gasteiger partial charge in [-0.05, 0) is 48.4 Å². The third kappa shape index (κ3) is 4.53. The number of nitrogens with two attached hydrogens (primary N) is 1. The lowest BCUT2D eigenvalue weighted by molar-refractivity contribution is -0.723. The number of benzene rings is 2. The molecule has 0 saturated carbocycles. The highest BCUT2D eigenvalue weighted by molar-refractivity contribution is 7.10. The lowest BCUT2D eigenvalue weighted by atomic mass is 9.98. The molecule has 2 aromatic carbocycles. The molecule has 0 bridgehead atoms. The van der Waals surface area contributed by atoms with Crippen LogP contribution in [0.5, 0.6) is 0 Å². The third-order valence-electron chi connectivity index (χ3n) is 5.38. The van der Waals surface area contributed by atoms with Gasteiger partial charge in [-0.25, -0.2) is 4.98 Å². The van der Waals surface area contributed by atoms with Crippen LogP contribution in [0.4, 0.5) is 0 Å². The minimum atomic E-state index is -0.0819. The van der Waals surface area contributed by atoms with Gasteiger partial charge in [0, 0.05) is 5.56 Å². The SMILES string of the molecule is CC(C)Cc1ccc([C@H]([NH2+][C@H](C)c2nc3ccccc3c(=O)[nH]2)c2cccs2)cc1. The summed E-state index contributed by atoms with van der Waals surface area (Å²) < 4.78 is 0. The second-order valence-electron chi connectivity index (χ2n) is 8.28. The van der Waals surface area contributed by atoms with Gasteiger partial charge in [-0.2, -0.15) is 0 Å². The number of aromatic nitrogens is 2. The van der Waals surface area contributed by atoms with Crippen LogP contribution in [0.3, 0.4) is 0 Å². The van der Waals surface area contributed by atoms with Crippen LogP contribution < -0.4 is 10.9 Å². The average Bonchev–Trinajstić information content (AvgIpc) is 3.27. The maximum atomic E-state index is 12.5. The zero-order chi connectivity index (χ0) is 21.1. The van der Waals surface area contributed by atoms with E-state index in [1.807, 2.05) is 24.3 Å². The lowest BCUT2D eigenvalue weighted by Gasteiger charge is -2.20. The molecule has 2 atom stereocenters. The summed E-state index contributed by atoms with van der Waals surface area (Å²) in [5.41, 5.74) is 3.29. The molecule has 0 saturated heterocycles. The van der Waals surface area contributed by atoms with Gasteiger partial charge < -0.3 is 10.3 Å². The molecule has 3 N–H and O–H groups in total. The Morgan fingerprint density at radius 3 is 2.47 bits per heavy atom. The summed E-state index contributed by atoms with van der Waals surface area (Å²) in [5, 5.41) is 5.03. The van der Waals surface area contributed by atoms with E-state index < -0.39 is 0 Å². The predicted octanol–water partition coefficient (Wildman–Crippen LogP) is 4.60. The molecule has 4 rings (SSSR count). The zero-order valence-corrected chi connectivity index (χ0v) is 18.4. The lowest BCUT2D eigenvalue weighted by Crippen LogP contribution is -2.86. The van der Waals surface area contributed by atoms with Crippen LogP contribution in [0, 0.1) is 5.92 Å². The van der Waals surface area contributed by atoms with Crippen molar-refractivity contribution in [2.45, 2.75) is 39.3 Å². The van der Waals surface area contributed by atoms with Gasteiger partial charge in [-0.15, -0.1) is 11.3 Å². The van der Waals surface area contributed by atoms with E-state index in [0.717, 1.165) is 11.9 Å². The van der Waals surface area contributed by atoms with Crippen LogP contribution in [0.1, 0.15) is 54.7 Å². The number of fused-ring (bicyclic) bond motifs is 1. The Hall–Kier alpha value is -2.76. The van der Waals surface area contributed by atoms with Crippen molar-refractivity contribution < 1.29 is 5.32 Å². The van der Waals surface area contributed by atoms with Crippen molar-refractivity contribution in [2.24, 2.45) is 5.92 Å². The Kier molecular flexibility index (Phi) is 6.11. The molecule has 0 aliphatic carbocycles. The van der Waals surface area contributed by atoms with E-state index in [9.17, 15) is 4.79 Å². The topological polar surface area (TPSA) is 62.4 Å². The Morgan fingerprint density at radius 1 is 1.00 bits per heavy atom. The minimum absolute atomic E-state index is 0.00440. The standard InChI is InChI=1S/C25H27N3OS/c1-16(2)15-18-10-12-19(13-11-18)23(22-9-6-14-30-22)26-17(3)24-27-21-8-5-4-7-20(21)25(29)28-24/h4-14,16-17,23,26H,15H2,1-3H3,(H,27,28,29)/p+1/t17-,23+/m1/s1. The summed E-state index contributed by atoms with van der Waals surface area (Å²) in [4.78, 5) is 21.5. The molecule has 0 radical (unpaired) electrons. The second-order valence-corrected chi connectivity index (χ2v) is 9.26. The number of nitrogens with one attached hydrogen (secondary N) is 1. The molecule has 0 aliphatic rings. The summed E-state index contributed by atoms with van der Waals surface area (Å²) in [6.45, 7) is 6.59. The number of hydrogen-bond acceptors (Lipinski definition) is 3. The molecule has 2 aromatic heterocycles. The Bertz CT molecular complexity index is 1160. The van der Waals surface area contributed by atoms with E-state index in [0.29, 0.717) is 17.1 Å². The normalized spacial score (nSPS) is 13.6. The maximum absolute atomic E-state index is 12.5. The van der Waals surface area contributed by atoms with Crippen LogP contribution in [0.25, 0.3) is 10.9 Å². The Labute approximate surface area is 181 Å². The van der Waals surface area contributed by atoms with Gasteiger partial charge in [0.2, 0.25) is 0 Å². The van der Waals surface area contributed by atoms with Gasteiger partial charge >= 0.3 is 0 Å². The largest absolute Gasteiger partial charge is 0.327 e. The highest BCUT2D eigenvalue weighted by Crippen LogP contribution is 2.25. The molecule has 0 amide bonds. The molecule has 0 aliphatic heterocycles. The van der Waals surface area contributed by atoms with E-state index >= 15 is 0 Å². The summed E-state index contributed by atoms with van der Waals surface area (Å²) in [7, 11) is 0. The zero-order valence-electron chi connectivity index (χ0n) is 17.6. The first-order valence-electron chi connectivity index (χ1n) is 10.5. The first kappa shape index (κ1) is 20.5. The Balaban J connectivity index is 1.63. The summed E-state index contributed by atoms with van der Waals surface area (Å²) in [6.07, 6.45) is 1.09. The average molecular weight is 419 g/mol. The van der Waals surface area contributed by atoms with Gasteiger partial charge in [-0.3, -0.25) is 4.79 Å². The molecular formula is C25H28N3OS+. The van der Waals surface area contributed by atoms with E-state index in [2.05, 4.69) is 72.9 Å². The van der Waals surface area contributed by atoms with Crippen molar-refractivity contribution in [1.82, 2.24) is 9.97 Å². The van der Waals surface area contributed by atoms with Crippen LogP contribution in [0.15, 0.2) is 70.8 Å². The van der Waals surface area contributed by atoms with Gasteiger partial charge in [-0.1, -0.05) is 56.3 Å². The summed E-state index contributed by atoms with van der Waals surface area (Å²) in [5.74, 6) is 1.35. The smallest absolute Gasteiger partial charge is 0.258 e. The summed E-state index contributed by atoms with van der Waals surface area (Å²) >= 11 is 1.76. The molecule has 5 heteroatoms. The van der Waals surface area contributed by atoms with Crippen molar-refractivity contribution >= 4 is 22.2 Å². The van der Waals surface area contributed by atoms with Crippen LogP contribution in [0.2, 0.25) is 0 Å². The number of aromatic amines is 1. The molecule has 2 heterocycles. The van der Waals surface area contributed by atoms with Crippen LogP contribution >= 0.6 is 11.3 Å². The van der Waals surface area contributed by atoms with Crippen molar-refractivity contribution in [3.63, 3.8) is 0 Å². The number of rotatable bonds is 7. The van der Waals surface area contributed by atoms with Crippen molar-refractivity contribution in [3.05, 3.63) is 98.2 Å². The Morgan fingerprint density at radius 2 is 1.77 bits per heavy atom. The van der Waals surface area contributed by atoms with Gasteiger partial charge in [0.25, 0.3) is 5.56 Å². The van der Waals surface area contributed by atoms with Crippen molar-refractivity contribution in [3.8, 4) is 0 Å². The number of para-hydroxylation sites is 1. The molecule has 0 spiro atoms. The van der Waals surface area contributed by atoms with Gasteiger partial charge in [0.05, 0.1) is 15.8 Å². The fraction of sp³-hybridized carbons (Fsp3) is 0.280. The fourth-order valence-corrected chi connectivity index (χ4v) is 4.70. The number of hydrogen-bond donors (Lipinski definition) is 2. The van der Waals surface area contributed by atoms with Crippen molar-refractivity contribution in [1.29, 1.82) is 0 Å². The quantitative estimate of drug-likeness (QED) is 0.461. The highest BCUT2D eigenvalue weighted by Gasteiger charge is 2.24. The number of nitrogens with zero attached hydrogens (tertiary/aromatic N) is 1. The summed E-state index contributed by atoms with van der Waals surface area (Å²) in [6, 6.07) is 20.9.